The first kappa shape index (κ1) is 11.5. The molecule has 0 aliphatic heterocycles. The van der Waals surface area contributed by atoms with Crippen LogP contribution < -0.4 is 5.32 Å². The van der Waals surface area contributed by atoms with Crippen LogP contribution in [0.25, 0.3) is 0 Å². The van der Waals surface area contributed by atoms with Crippen LogP contribution in [0.3, 0.4) is 0 Å². The summed E-state index contributed by atoms with van der Waals surface area (Å²) in [4.78, 5) is 11.8. The number of anilines is 1. The first-order chi connectivity index (χ1) is 8.08. The Bertz CT molecular complexity index is 566. The lowest BCUT2D eigenvalue weighted by Crippen LogP contribution is -2.12. The topological polar surface area (TPSA) is 78.0 Å². The molecular weight excluding hydrogens is 242 g/mol. The molecule has 0 saturated carbocycles. The summed E-state index contributed by atoms with van der Waals surface area (Å²) in [7, 11) is 0. The number of H-pyrrole nitrogens is 1. The van der Waals surface area contributed by atoms with E-state index in [-0.39, 0.29) is 16.7 Å². The number of aromatic hydroxyl groups is 1. The summed E-state index contributed by atoms with van der Waals surface area (Å²) in [5, 5.41) is 18.5. The highest BCUT2D eigenvalue weighted by atomic mass is 35.5. The number of nitrogens with zero attached hydrogens (tertiary/aromatic N) is 1. The van der Waals surface area contributed by atoms with Crippen LogP contribution in [0, 0.1) is 6.92 Å². The Morgan fingerprint density at radius 3 is 2.88 bits per heavy atom. The number of amides is 1. The van der Waals surface area contributed by atoms with Gasteiger partial charge in [-0.05, 0) is 25.1 Å². The van der Waals surface area contributed by atoms with Crippen LogP contribution in [-0.2, 0) is 0 Å². The van der Waals surface area contributed by atoms with Crippen LogP contribution >= 0.6 is 11.6 Å². The van der Waals surface area contributed by atoms with E-state index in [0.29, 0.717) is 11.4 Å². The van der Waals surface area contributed by atoms with E-state index >= 15 is 0 Å². The Kier molecular flexibility index (Phi) is 3.01. The quantitative estimate of drug-likeness (QED) is 0.767. The van der Waals surface area contributed by atoms with Crippen LogP contribution in [0.1, 0.15) is 15.9 Å². The van der Waals surface area contributed by atoms with E-state index in [1.165, 1.54) is 18.2 Å². The van der Waals surface area contributed by atoms with Crippen LogP contribution in [0.2, 0.25) is 5.02 Å². The van der Waals surface area contributed by atoms with Gasteiger partial charge in [-0.2, -0.15) is 5.10 Å². The number of aromatic amines is 1. The van der Waals surface area contributed by atoms with Gasteiger partial charge in [-0.25, -0.2) is 0 Å². The standard InChI is InChI=1S/C11H10ClN3O2/c1-6-5-13-15-10(6)14-11(17)7-2-3-9(16)8(12)4-7/h2-5,16H,1H3,(H2,13,14,15,17). The van der Waals surface area contributed by atoms with Gasteiger partial charge in [0.25, 0.3) is 5.91 Å². The van der Waals surface area contributed by atoms with Crippen molar-refractivity contribution in [2.24, 2.45) is 0 Å². The van der Waals surface area contributed by atoms with E-state index in [0.717, 1.165) is 5.56 Å². The van der Waals surface area contributed by atoms with E-state index in [9.17, 15) is 9.90 Å². The molecule has 3 N–H and O–H groups in total. The largest absolute Gasteiger partial charge is 0.506 e. The van der Waals surface area contributed by atoms with Gasteiger partial charge in [-0.3, -0.25) is 9.89 Å². The summed E-state index contributed by atoms with van der Waals surface area (Å²) in [6, 6.07) is 4.26. The van der Waals surface area contributed by atoms with Crippen molar-refractivity contribution in [1.82, 2.24) is 10.2 Å². The van der Waals surface area contributed by atoms with Crippen LogP contribution in [0.5, 0.6) is 5.75 Å². The van der Waals surface area contributed by atoms with Crippen molar-refractivity contribution < 1.29 is 9.90 Å². The normalized spacial score (nSPS) is 10.2. The summed E-state index contributed by atoms with van der Waals surface area (Å²) in [5.41, 5.74) is 1.20. The Hall–Kier alpha value is -2.01. The maximum atomic E-state index is 11.8. The molecule has 0 atom stereocenters. The minimum atomic E-state index is -0.320. The number of hydrogen-bond acceptors (Lipinski definition) is 3. The molecule has 2 rings (SSSR count). The molecule has 1 amide bonds. The average molecular weight is 252 g/mol. The molecule has 0 aliphatic rings. The first-order valence-electron chi connectivity index (χ1n) is 4.88. The number of aryl methyl sites for hydroxylation is 1. The summed E-state index contributed by atoms with van der Waals surface area (Å²) < 4.78 is 0. The lowest BCUT2D eigenvalue weighted by molar-refractivity contribution is 0.102. The van der Waals surface area contributed by atoms with Gasteiger partial charge in [0.05, 0.1) is 11.2 Å². The third-order valence-electron chi connectivity index (χ3n) is 2.28. The number of phenolic OH excluding ortho intramolecular Hbond substituents is 1. The van der Waals surface area contributed by atoms with E-state index in [1.54, 1.807) is 6.20 Å². The second kappa shape index (κ2) is 4.47. The molecule has 0 unspecified atom stereocenters. The minimum absolute atomic E-state index is 0.0547. The summed E-state index contributed by atoms with van der Waals surface area (Å²) in [5.74, 6) is 0.166. The summed E-state index contributed by atoms with van der Waals surface area (Å²) in [6.07, 6.45) is 1.61. The van der Waals surface area contributed by atoms with Gasteiger partial charge in [-0.1, -0.05) is 11.6 Å². The monoisotopic (exact) mass is 251 g/mol. The molecule has 2 aromatic rings. The van der Waals surface area contributed by atoms with E-state index in [2.05, 4.69) is 15.5 Å². The third kappa shape index (κ3) is 2.39. The van der Waals surface area contributed by atoms with Crippen molar-refractivity contribution in [3.8, 4) is 5.75 Å². The van der Waals surface area contributed by atoms with Gasteiger partial charge in [0.1, 0.15) is 11.6 Å². The first-order valence-corrected chi connectivity index (χ1v) is 5.25. The SMILES string of the molecule is Cc1cn[nH]c1NC(=O)c1ccc(O)c(Cl)c1. The molecule has 1 aromatic carbocycles. The van der Waals surface area contributed by atoms with Gasteiger partial charge in [0, 0.05) is 11.1 Å². The van der Waals surface area contributed by atoms with E-state index in [1.807, 2.05) is 6.92 Å². The third-order valence-corrected chi connectivity index (χ3v) is 2.58. The highest BCUT2D eigenvalue weighted by Crippen LogP contribution is 2.24. The van der Waals surface area contributed by atoms with Crippen molar-refractivity contribution in [1.29, 1.82) is 0 Å². The molecule has 0 saturated heterocycles. The summed E-state index contributed by atoms with van der Waals surface area (Å²) in [6.45, 7) is 1.82. The predicted molar refractivity (Wildman–Crippen MR) is 64.4 cm³/mol. The molecule has 88 valence electrons. The van der Waals surface area contributed by atoms with Crippen molar-refractivity contribution in [3.05, 3.63) is 40.5 Å². The second-order valence-corrected chi connectivity index (χ2v) is 3.96. The number of phenols is 1. The zero-order valence-electron chi connectivity index (χ0n) is 8.99. The predicted octanol–water partition coefficient (Wildman–Crippen LogP) is 2.33. The smallest absolute Gasteiger partial charge is 0.256 e. The Morgan fingerprint density at radius 1 is 1.53 bits per heavy atom. The molecule has 17 heavy (non-hydrogen) atoms. The highest BCUT2D eigenvalue weighted by Gasteiger charge is 2.10. The Labute approximate surface area is 102 Å². The number of carbonyl (C=O) groups is 1. The minimum Gasteiger partial charge on any atom is -0.506 e. The fourth-order valence-corrected chi connectivity index (χ4v) is 1.49. The number of carbonyl (C=O) groups excluding carboxylic acids is 1. The van der Waals surface area contributed by atoms with Crippen molar-refractivity contribution in [3.63, 3.8) is 0 Å². The maximum Gasteiger partial charge on any atom is 0.256 e. The summed E-state index contributed by atoms with van der Waals surface area (Å²) >= 11 is 5.72. The lowest BCUT2D eigenvalue weighted by Gasteiger charge is -2.04. The number of halogens is 1. The zero-order chi connectivity index (χ0) is 12.4. The van der Waals surface area contributed by atoms with Crippen LogP contribution in [-0.4, -0.2) is 21.2 Å². The van der Waals surface area contributed by atoms with Crippen molar-refractivity contribution in [2.75, 3.05) is 5.32 Å². The van der Waals surface area contributed by atoms with E-state index < -0.39 is 0 Å². The molecule has 0 spiro atoms. The fraction of sp³-hybridized carbons (Fsp3) is 0.0909. The second-order valence-electron chi connectivity index (χ2n) is 3.55. The molecule has 0 radical (unpaired) electrons. The van der Waals surface area contributed by atoms with Crippen molar-refractivity contribution >= 4 is 23.3 Å². The maximum absolute atomic E-state index is 11.8. The highest BCUT2D eigenvalue weighted by molar-refractivity contribution is 6.32. The van der Waals surface area contributed by atoms with Crippen molar-refractivity contribution in [2.45, 2.75) is 6.92 Å². The number of nitrogens with one attached hydrogen (secondary N) is 2. The molecule has 0 bridgehead atoms. The molecule has 5 nitrogen and oxygen atoms in total. The lowest BCUT2D eigenvalue weighted by atomic mass is 10.2. The van der Waals surface area contributed by atoms with Gasteiger partial charge < -0.3 is 10.4 Å². The molecule has 0 fully saturated rings. The fourth-order valence-electron chi connectivity index (χ4n) is 1.31. The molecule has 1 aromatic heterocycles. The van der Waals surface area contributed by atoms with Gasteiger partial charge in [0.15, 0.2) is 0 Å². The van der Waals surface area contributed by atoms with Crippen LogP contribution in [0.15, 0.2) is 24.4 Å². The van der Waals surface area contributed by atoms with Crippen LogP contribution in [0.4, 0.5) is 5.82 Å². The number of aromatic nitrogens is 2. The van der Waals surface area contributed by atoms with Gasteiger partial charge >= 0.3 is 0 Å². The number of rotatable bonds is 2. The zero-order valence-corrected chi connectivity index (χ0v) is 9.75. The average Bonchev–Trinajstić information content (AvgIpc) is 2.68. The molecule has 6 heteroatoms. The molecule has 1 heterocycles. The molecule has 0 aliphatic carbocycles. The van der Waals surface area contributed by atoms with Gasteiger partial charge in [-0.15, -0.1) is 0 Å². The molecular formula is C11H10ClN3O2. The Balaban J connectivity index is 2.20. The van der Waals surface area contributed by atoms with Gasteiger partial charge in [0.2, 0.25) is 0 Å². The number of hydrogen-bond donors (Lipinski definition) is 3. The Morgan fingerprint density at radius 2 is 2.29 bits per heavy atom. The van der Waals surface area contributed by atoms with E-state index in [4.69, 9.17) is 11.6 Å². The number of benzene rings is 1.